The summed E-state index contributed by atoms with van der Waals surface area (Å²) in [7, 11) is 0. The lowest BCUT2D eigenvalue weighted by Crippen LogP contribution is -2.47. The fraction of sp³-hybridized carbons (Fsp3) is 0.364. The summed E-state index contributed by atoms with van der Waals surface area (Å²) in [4.78, 5) is 28.8. The molecule has 3 heterocycles. The van der Waals surface area contributed by atoms with Gasteiger partial charge in [-0.15, -0.1) is 0 Å². The predicted octanol–water partition coefficient (Wildman–Crippen LogP) is 2.59. The number of imide groups is 1. The third-order valence-electron chi connectivity index (χ3n) is 5.70. The first-order chi connectivity index (χ1) is 14.2. The number of amides is 2. The van der Waals surface area contributed by atoms with Gasteiger partial charge in [0.05, 0.1) is 18.2 Å². The van der Waals surface area contributed by atoms with Crippen LogP contribution in [0.1, 0.15) is 19.3 Å². The van der Waals surface area contributed by atoms with E-state index < -0.39 is 0 Å². The highest BCUT2D eigenvalue weighted by Gasteiger charge is 2.43. The summed E-state index contributed by atoms with van der Waals surface area (Å²) in [6, 6.07) is 14.3. The maximum absolute atomic E-state index is 12.9. The molecule has 0 bridgehead atoms. The molecule has 7 heteroatoms. The topological polar surface area (TPSA) is 68.3 Å². The molecule has 2 fully saturated rings. The van der Waals surface area contributed by atoms with Crippen LogP contribution in [0.5, 0.6) is 17.2 Å². The lowest BCUT2D eigenvalue weighted by atomic mass is 10.0. The van der Waals surface area contributed by atoms with Crippen LogP contribution in [-0.4, -0.2) is 48.7 Å². The Balaban J connectivity index is 1.20. The van der Waals surface area contributed by atoms with Gasteiger partial charge in [-0.2, -0.15) is 0 Å². The van der Waals surface area contributed by atoms with Crippen LogP contribution in [-0.2, 0) is 9.59 Å². The summed E-state index contributed by atoms with van der Waals surface area (Å²) in [6.07, 6.45) is 1.92. The lowest BCUT2D eigenvalue weighted by molar-refractivity contribution is -0.123. The molecule has 1 unspecified atom stereocenters. The lowest BCUT2D eigenvalue weighted by Gasteiger charge is -2.34. The van der Waals surface area contributed by atoms with Gasteiger partial charge in [-0.3, -0.25) is 14.5 Å². The van der Waals surface area contributed by atoms with Crippen LogP contribution in [0.15, 0.2) is 48.5 Å². The summed E-state index contributed by atoms with van der Waals surface area (Å²) in [5.41, 5.74) is 0.644. The molecule has 0 radical (unpaired) electrons. The second-order valence-corrected chi connectivity index (χ2v) is 7.49. The van der Waals surface area contributed by atoms with Gasteiger partial charge in [0.2, 0.25) is 12.7 Å². The second kappa shape index (κ2) is 7.40. The largest absolute Gasteiger partial charge is 0.490 e. The molecule has 7 nitrogen and oxygen atoms in total. The number of anilines is 1. The number of rotatable bonds is 4. The van der Waals surface area contributed by atoms with E-state index in [0.29, 0.717) is 11.4 Å². The molecular weight excluding hydrogens is 372 g/mol. The number of hydrogen-bond donors (Lipinski definition) is 0. The predicted molar refractivity (Wildman–Crippen MR) is 105 cm³/mol. The molecule has 2 amide bonds. The van der Waals surface area contributed by atoms with E-state index in [1.54, 1.807) is 12.1 Å². The first-order valence-corrected chi connectivity index (χ1v) is 9.91. The minimum atomic E-state index is -0.380. The number of carbonyl (C=O) groups is 2. The Morgan fingerprint density at radius 2 is 1.69 bits per heavy atom. The minimum absolute atomic E-state index is 0.0732. The van der Waals surface area contributed by atoms with E-state index in [1.165, 1.54) is 4.90 Å². The highest BCUT2D eigenvalue weighted by atomic mass is 16.7. The zero-order chi connectivity index (χ0) is 19.8. The van der Waals surface area contributed by atoms with Crippen molar-refractivity contribution >= 4 is 17.5 Å². The molecule has 2 aromatic rings. The maximum atomic E-state index is 12.9. The number of hydrogen-bond acceptors (Lipinski definition) is 6. The Morgan fingerprint density at radius 1 is 0.931 bits per heavy atom. The Morgan fingerprint density at radius 3 is 2.48 bits per heavy atom. The van der Waals surface area contributed by atoms with Crippen molar-refractivity contribution in [2.24, 2.45) is 0 Å². The molecule has 0 aliphatic carbocycles. The van der Waals surface area contributed by atoms with Crippen molar-refractivity contribution in [1.29, 1.82) is 0 Å². The van der Waals surface area contributed by atoms with Gasteiger partial charge in [-0.25, -0.2) is 4.90 Å². The Hall–Kier alpha value is -3.06. The quantitative estimate of drug-likeness (QED) is 0.743. The van der Waals surface area contributed by atoms with Gasteiger partial charge in [0.15, 0.2) is 11.5 Å². The zero-order valence-electron chi connectivity index (χ0n) is 16.0. The minimum Gasteiger partial charge on any atom is -0.490 e. The van der Waals surface area contributed by atoms with E-state index in [4.69, 9.17) is 14.2 Å². The first kappa shape index (κ1) is 18.0. The number of benzene rings is 2. The average Bonchev–Trinajstić information content (AvgIpc) is 3.33. The number of carbonyl (C=O) groups excluding carboxylic acids is 2. The van der Waals surface area contributed by atoms with Crippen molar-refractivity contribution in [3.63, 3.8) is 0 Å². The van der Waals surface area contributed by atoms with Crippen molar-refractivity contribution in [1.82, 2.24) is 4.90 Å². The molecule has 29 heavy (non-hydrogen) atoms. The van der Waals surface area contributed by atoms with Gasteiger partial charge in [0.25, 0.3) is 5.91 Å². The normalized spacial score (nSPS) is 22.3. The number of fused-ring (bicyclic) bond motifs is 1. The number of likely N-dealkylation sites (tertiary alicyclic amines) is 1. The van der Waals surface area contributed by atoms with Crippen LogP contribution in [0.3, 0.4) is 0 Å². The summed E-state index contributed by atoms with van der Waals surface area (Å²) in [5, 5.41) is 0. The van der Waals surface area contributed by atoms with Gasteiger partial charge in [-0.05, 0) is 37.1 Å². The van der Waals surface area contributed by atoms with E-state index in [1.807, 2.05) is 36.4 Å². The fourth-order valence-corrected chi connectivity index (χ4v) is 4.20. The van der Waals surface area contributed by atoms with Gasteiger partial charge in [0, 0.05) is 19.2 Å². The smallest absolute Gasteiger partial charge is 0.251 e. The fourth-order valence-electron chi connectivity index (χ4n) is 4.20. The summed E-state index contributed by atoms with van der Waals surface area (Å²) in [5.74, 6) is 1.94. The molecule has 3 aliphatic heterocycles. The van der Waals surface area contributed by atoms with Crippen LogP contribution in [0.4, 0.5) is 5.69 Å². The Bertz CT molecular complexity index is 924. The SMILES string of the molecule is O=C1CC(N2CCC(Oc3ccc4c(c3)OCO4)CC2)C(=O)N1c1ccccc1. The van der Waals surface area contributed by atoms with Gasteiger partial charge in [0.1, 0.15) is 11.9 Å². The van der Waals surface area contributed by atoms with Crippen molar-refractivity contribution in [2.45, 2.75) is 31.4 Å². The van der Waals surface area contributed by atoms with E-state index in [2.05, 4.69) is 4.90 Å². The molecule has 0 spiro atoms. The first-order valence-electron chi connectivity index (χ1n) is 9.91. The number of ether oxygens (including phenoxy) is 3. The molecule has 2 aromatic carbocycles. The highest BCUT2D eigenvalue weighted by Crippen LogP contribution is 2.36. The standard InChI is InChI=1S/C22H22N2O5/c25-21-13-18(22(26)24(21)15-4-2-1-3-5-15)23-10-8-16(9-11-23)29-17-6-7-19-20(12-17)28-14-27-19/h1-7,12,16,18H,8-11,13-14H2. The molecule has 0 saturated carbocycles. The molecule has 5 rings (SSSR count). The summed E-state index contributed by atoms with van der Waals surface area (Å²) >= 11 is 0. The van der Waals surface area contributed by atoms with Crippen LogP contribution in [0, 0.1) is 0 Å². The van der Waals surface area contributed by atoms with Crippen LogP contribution < -0.4 is 19.1 Å². The van der Waals surface area contributed by atoms with E-state index in [0.717, 1.165) is 37.4 Å². The van der Waals surface area contributed by atoms with Crippen LogP contribution >= 0.6 is 0 Å². The second-order valence-electron chi connectivity index (χ2n) is 7.49. The number of piperidine rings is 1. The molecule has 150 valence electrons. The summed E-state index contributed by atoms with van der Waals surface area (Å²) in [6.45, 7) is 1.69. The molecule has 2 saturated heterocycles. The monoisotopic (exact) mass is 394 g/mol. The van der Waals surface area contributed by atoms with Gasteiger partial charge < -0.3 is 14.2 Å². The zero-order valence-corrected chi connectivity index (χ0v) is 16.0. The Labute approximate surface area is 168 Å². The average molecular weight is 394 g/mol. The van der Waals surface area contributed by atoms with E-state index in [9.17, 15) is 9.59 Å². The molecule has 0 aromatic heterocycles. The van der Waals surface area contributed by atoms with Crippen molar-refractivity contribution in [3.8, 4) is 17.2 Å². The summed E-state index contributed by atoms with van der Waals surface area (Å²) < 4.78 is 16.8. The number of nitrogens with zero attached hydrogens (tertiary/aromatic N) is 2. The molecular formula is C22H22N2O5. The van der Waals surface area contributed by atoms with Crippen molar-refractivity contribution in [3.05, 3.63) is 48.5 Å². The van der Waals surface area contributed by atoms with Crippen molar-refractivity contribution < 1.29 is 23.8 Å². The molecule has 0 N–H and O–H groups in total. The molecule has 1 atom stereocenters. The number of para-hydroxylation sites is 1. The van der Waals surface area contributed by atoms with Crippen molar-refractivity contribution in [2.75, 3.05) is 24.8 Å². The van der Waals surface area contributed by atoms with Crippen LogP contribution in [0.25, 0.3) is 0 Å². The Kier molecular flexibility index (Phi) is 4.60. The highest BCUT2D eigenvalue weighted by molar-refractivity contribution is 6.22. The third-order valence-corrected chi connectivity index (χ3v) is 5.70. The van der Waals surface area contributed by atoms with Gasteiger partial charge in [-0.1, -0.05) is 18.2 Å². The van der Waals surface area contributed by atoms with E-state index >= 15 is 0 Å². The third kappa shape index (κ3) is 3.42. The molecule has 3 aliphatic rings. The van der Waals surface area contributed by atoms with E-state index in [-0.39, 0.29) is 37.2 Å². The van der Waals surface area contributed by atoms with Gasteiger partial charge >= 0.3 is 0 Å². The maximum Gasteiger partial charge on any atom is 0.251 e. The van der Waals surface area contributed by atoms with Crippen LogP contribution in [0.2, 0.25) is 0 Å².